The number of hydrogen-bond donors (Lipinski definition) is 1. The first-order valence-corrected chi connectivity index (χ1v) is 8.98. The first-order valence-electron chi connectivity index (χ1n) is 8.98. The number of aryl methyl sites for hydroxylation is 1. The van der Waals surface area contributed by atoms with E-state index in [2.05, 4.69) is 10.3 Å². The molecule has 2 rings (SSSR count). The minimum Gasteiger partial charge on any atom is -0.355 e. The lowest BCUT2D eigenvalue weighted by atomic mass is 9.99. The van der Waals surface area contributed by atoms with E-state index in [9.17, 15) is 19.2 Å². The summed E-state index contributed by atoms with van der Waals surface area (Å²) in [6.45, 7) is 6.91. The van der Waals surface area contributed by atoms with Crippen LogP contribution in [-0.4, -0.2) is 27.5 Å². The quantitative estimate of drug-likeness (QED) is 0.681. The van der Waals surface area contributed by atoms with Gasteiger partial charge in [-0.2, -0.15) is 0 Å². The second kappa shape index (κ2) is 8.70. The second-order valence-electron chi connectivity index (χ2n) is 6.93. The van der Waals surface area contributed by atoms with Gasteiger partial charge in [0, 0.05) is 18.9 Å². The first-order chi connectivity index (χ1) is 12.8. The number of aromatic nitrogens is 2. The highest BCUT2D eigenvalue weighted by Crippen LogP contribution is 2.20. The summed E-state index contributed by atoms with van der Waals surface area (Å²) in [5, 5.41) is 2.93. The van der Waals surface area contributed by atoms with Crippen molar-refractivity contribution in [3.05, 3.63) is 39.9 Å². The third kappa shape index (κ3) is 4.48. The van der Waals surface area contributed by atoms with Crippen LogP contribution in [0.2, 0.25) is 0 Å². The molecule has 0 fully saturated rings. The third-order valence-electron chi connectivity index (χ3n) is 4.66. The number of carbonyl (C=O) groups excluding carboxylic acids is 3. The van der Waals surface area contributed by atoms with Crippen molar-refractivity contribution >= 4 is 28.9 Å². The molecule has 7 nitrogen and oxygen atoms in total. The van der Waals surface area contributed by atoms with E-state index in [4.69, 9.17) is 0 Å². The van der Waals surface area contributed by atoms with E-state index in [1.807, 2.05) is 13.8 Å². The van der Waals surface area contributed by atoms with E-state index >= 15 is 0 Å². The normalized spacial score (nSPS) is 12.2. The van der Waals surface area contributed by atoms with Gasteiger partial charge in [-0.25, -0.2) is 4.98 Å². The maximum absolute atomic E-state index is 13.2. The highest BCUT2D eigenvalue weighted by atomic mass is 16.1. The van der Waals surface area contributed by atoms with Gasteiger partial charge in [-0.3, -0.25) is 23.7 Å². The Morgan fingerprint density at radius 2 is 2.00 bits per heavy atom. The molecule has 7 heteroatoms. The van der Waals surface area contributed by atoms with Crippen LogP contribution < -0.4 is 10.9 Å². The Bertz CT molecular complexity index is 931. The number of ketones is 2. The molecule has 2 aromatic rings. The molecule has 0 radical (unpaired) electrons. The Balaban J connectivity index is 2.57. The van der Waals surface area contributed by atoms with Gasteiger partial charge < -0.3 is 5.32 Å². The number of nitrogens with zero attached hydrogens (tertiary/aromatic N) is 2. The van der Waals surface area contributed by atoms with Crippen LogP contribution >= 0.6 is 0 Å². The zero-order valence-corrected chi connectivity index (χ0v) is 16.1. The topological polar surface area (TPSA) is 98.1 Å². The summed E-state index contributed by atoms with van der Waals surface area (Å²) >= 11 is 0. The molecule has 0 bridgehead atoms. The van der Waals surface area contributed by atoms with E-state index < -0.39 is 6.04 Å². The van der Waals surface area contributed by atoms with Crippen LogP contribution in [0.5, 0.6) is 0 Å². The molecule has 0 aliphatic rings. The van der Waals surface area contributed by atoms with Gasteiger partial charge in [-0.15, -0.1) is 0 Å². The molecule has 1 atom stereocenters. The van der Waals surface area contributed by atoms with E-state index in [0.29, 0.717) is 28.7 Å². The highest BCUT2D eigenvalue weighted by Gasteiger charge is 2.23. The molecule has 1 amide bonds. The number of carbonyl (C=O) groups is 3. The molecule has 0 saturated carbocycles. The molecule has 1 heterocycles. The molecule has 27 heavy (non-hydrogen) atoms. The van der Waals surface area contributed by atoms with Gasteiger partial charge in [0.2, 0.25) is 6.41 Å². The van der Waals surface area contributed by atoms with Gasteiger partial charge >= 0.3 is 0 Å². The molecule has 1 aromatic carbocycles. The van der Waals surface area contributed by atoms with Gasteiger partial charge in [-0.1, -0.05) is 26.0 Å². The lowest BCUT2D eigenvalue weighted by Crippen LogP contribution is -2.33. The Hall–Kier alpha value is -2.83. The predicted molar refractivity (Wildman–Crippen MR) is 102 cm³/mol. The van der Waals surface area contributed by atoms with E-state index in [-0.39, 0.29) is 42.4 Å². The van der Waals surface area contributed by atoms with Gasteiger partial charge in [0.05, 0.1) is 16.9 Å². The fourth-order valence-electron chi connectivity index (χ4n) is 3.17. The van der Waals surface area contributed by atoms with Crippen LogP contribution in [0.1, 0.15) is 51.0 Å². The maximum atomic E-state index is 13.2. The smallest absolute Gasteiger partial charge is 0.262 e. The lowest BCUT2D eigenvalue weighted by molar-refractivity contribution is -0.123. The molecular formula is C20H25N3O4. The molecule has 0 spiro atoms. The van der Waals surface area contributed by atoms with Crippen LogP contribution in [0.4, 0.5) is 0 Å². The zero-order valence-electron chi connectivity index (χ0n) is 16.1. The number of benzene rings is 1. The third-order valence-corrected chi connectivity index (χ3v) is 4.66. The molecule has 1 N–H and O–H groups in total. The summed E-state index contributed by atoms with van der Waals surface area (Å²) in [5.74, 6) is 0.161. The van der Waals surface area contributed by atoms with Crippen molar-refractivity contribution in [1.29, 1.82) is 0 Å². The number of nitrogens with one attached hydrogen (secondary N) is 1. The zero-order chi connectivity index (χ0) is 20.1. The summed E-state index contributed by atoms with van der Waals surface area (Å²) in [6, 6.07) is 4.49. The molecule has 0 saturated heterocycles. The summed E-state index contributed by atoms with van der Waals surface area (Å²) in [6.07, 6.45) is 1.05. The first kappa shape index (κ1) is 20.5. The average Bonchev–Trinajstić information content (AvgIpc) is 2.61. The van der Waals surface area contributed by atoms with Crippen molar-refractivity contribution in [3.63, 3.8) is 0 Å². The van der Waals surface area contributed by atoms with Crippen molar-refractivity contribution in [1.82, 2.24) is 14.9 Å². The minimum absolute atomic E-state index is 0.0524. The van der Waals surface area contributed by atoms with Gasteiger partial charge in [0.1, 0.15) is 11.6 Å². The fourth-order valence-corrected chi connectivity index (χ4v) is 3.17. The largest absolute Gasteiger partial charge is 0.355 e. The Labute approximate surface area is 157 Å². The standard InChI is InChI=1S/C20H25N3O4/c1-12(2)18(26)9-8-17(13(3)25)23-14(4)22-16-7-5-6-15(10-21-11-24)19(16)20(23)27/h5-7,11-12,17H,8-10H2,1-4H3,(H,21,24). The van der Waals surface area contributed by atoms with Crippen molar-refractivity contribution < 1.29 is 14.4 Å². The van der Waals surface area contributed by atoms with Gasteiger partial charge in [0.25, 0.3) is 5.56 Å². The van der Waals surface area contributed by atoms with E-state index in [1.54, 1.807) is 25.1 Å². The maximum Gasteiger partial charge on any atom is 0.262 e. The second-order valence-corrected chi connectivity index (χ2v) is 6.93. The molecule has 1 unspecified atom stereocenters. The summed E-state index contributed by atoms with van der Waals surface area (Å²) < 4.78 is 1.38. The Kier molecular flexibility index (Phi) is 6.60. The molecular weight excluding hydrogens is 346 g/mol. The molecule has 144 valence electrons. The number of hydrogen-bond acceptors (Lipinski definition) is 5. The van der Waals surface area contributed by atoms with Crippen LogP contribution in [0.25, 0.3) is 10.9 Å². The van der Waals surface area contributed by atoms with Crippen molar-refractivity contribution in [2.45, 2.75) is 53.1 Å². The lowest BCUT2D eigenvalue weighted by Gasteiger charge is -2.20. The monoisotopic (exact) mass is 371 g/mol. The van der Waals surface area contributed by atoms with Crippen molar-refractivity contribution in [2.75, 3.05) is 0 Å². The Morgan fingerprint density at radius 3 is 2.59 bits per heavy atom. The number of rotatable bonds is 9. The molecule has 0 aliphatic heterocycles. The molecule has 0 aliphatic carbocycles. The van der Waals surface area contributed by atoms with Crippen LogP contribution in [0.15, 0.2) is 23.0 Å². The number of Topliss-reactive ketones (excluding diaryl/α,β-unsaturated/α-hetero) is 2. The van der Waals surface area contributed by atoms with Gasteiger partial charge in [-0.05, 0) is 31.9 Å². The summed E-state index contributed by atoms with van der Waals surface area (Å²) in [5.41, 5.74) is 0.809. The minimum atomic E-state index is -0.746. The Morgan fingerprint density at radius 1 is 1.30 bits per heavy atom. The van der Waals surface area contributed by atoms with Crippen molar-refractivity contribution in [2.24, 2.45) is 5.92 Å². The summed E-state index contributed by atoms with van der Waals surface area (Å²) in [4.78, 5) is 52.6. The van der Waals surface area contributed by atoms with E-state index in [0.717, 1.165) is 0 Å². The van der Waals surface area contributed by atoms with Crippen LogP contribution in [-0.2, 0) is 20.9 Å². The fraction of sp³-hybridized carbons (Fsp3) is 0.450. The summed E-state index contributed by atoms with van der Waals surface area (Å²) in [7, 11) is 0. The highest BCUT2D eigenvalue weighted by molar-refractivity contribution is 5.85. The van der Waals surface area contributed by atoms with Crippen molar-refractivity contribution in [3.8, 4) is 0 Å². The predicted octanol–water partition coefficient (Wildman–Crippen LogP) is 2.09. The molecule has 1 aromatic heterocycles. The van der Waals surface area contributed by atoms with Crippen LogP contribution in [0, 0.1) is 12.8 Å². The number of fused-ring (bicyclic) bond motifs is 1. The SMILES string of the molecule is CC(=O)C(CCC(=O)C(C)C)n1c(C)nc2cccc(CNC=O)c2c1=O. The average molecular weight is 371 g/mol. The number of amides is 1. The van der Waals surface area contributed by atoms with Crippen LogP contribution in [0.3, 0.4) is 0 Å². The van der Waals surface area contributed by atoms with E-state index in [1.165, 1.54) is 11.5 Å². The van der Waals surface area contributed by atoms with Gasteiger partial charge in [0.15, 0.2) is 5.78 Å².